The average molecular weight is 557 g/mol. The molecule has 5 fully saturated rings. The van der Waals surface area contributed by atoms with E-state index in [0.717, 1.165) is 19.3 Å². The summed E-state index contributed by atoms with van der Waals surface area (Å²) in [6.07, 6.45) is 6.14. The summed E-state index contributed by atoms with van der Waals surface area (Å²) in [7, 11) is 0. The number of epoxide rings is 1. The van der Waals surface area contributed by atoms with Crippen molar-refractivity contribution in [2.45, 2.75) is 123 Å². The number of ether oxygens (including phenoxy) is 4. The number of carbonyl (C=O) groups excluding carboxylic acids is 3. The maximum atomic E-state index is 12.7. The zero-order valence-corrected chi connectivity index (χ0v) is 25.1. The van der Waals surface area contributed by atoms with Crippen molar-refractivity contribution >= 4 is 17.9 Å². The standard InChI is InChI=1S/C32H44O8/c1-17(33)37-24-15-25(38-18(2)34)30(7)22-9-11-29(6)21(20-10-12-36-16-20)13-27-32(29,40-27)31(22,8)26(39-19(3)35)14-23(30)28(24,4)5/h10,12,16,21-27H,9,11,13-15H2,1-8H3/t21-,22?,23?,24+,25-,26+,27+,29-,30+,31-,32+/m0/s1. The molecular weight excluding hydrogens is 512 g/mol. The Labute approximate surface area is 236 Å². The van der Waals surface area contributed by atoms with Crippen molar-refractivity contribution in [1.82, 2.24) is 0 Å². The van der Waals surface area contributed by atoms with E-state index in [9.17, 15) is 14.4 Å². The minimum absolute atomic E-state index is 0.0334. The van der Waals surface area contributed by atoms with Crippen LogP contribution in [-0.4, -0.2) is 47.9 Å². The molecule has 1 aliphatic heterocycles. The van der Waals surface area contributed by atoms with Gasteiger partial charge >= 0.3 is 17.9 Å². The highest BCUT2D eigenvalue weighted by atomic mass is 16.6. The van der Waals surface area contributed by atoms with E-state index in [1.165, 1.54) is 26.3 Å². The molecule has 2 unspecified atom stereocenters. The van der Waals surface area contributed by atoms with E-state index in [1.807, 2.05) is 6.26 Å². The van der Waals surface area contributed by atoms with E-state index in [0.29, 0.717) is 12.8 Å². The van der Waals surface area contributed by atoms with Crippen molar-refractivity contribution in [3.8, 4) is 0 Å². The van der Waals surface area contributed by atoms with Gasteiger partial charge in [0.05, 0.1) is 18.6 Å². The summed E-state index contributed by atoms with van der Waals surface area (Å²) in [6.45, 7) is 15.5. The number of hydrogen-bond acceptors (Lipinski definition) is 8. The third-order valence-electron chi connectivity index (χ3n) is 12.6. The van der Waals surface area contributed by atoms with Crippen LogP contribution in [0.3, 0.4) is 0 Å². The van der Waals surface area contributed by atoms with E-state index in [1.54, 1.807) is 6.26 Å². The first kappa shape index (κ1) is 27.8. The Morgan fingerprint density at radius 3 is 2.05 bits per heavy atom. The Hall–Kier alpha value is -2.35. The summed E-state index contributed by atoms with van der Waals surface area (Å²) in [5, 5.41) is 0. The molecule has 1 aromatic heterocycles. The molecule has 4 saturated carbocycles. The van der Waals surface area contributed by atoms with Gasteiger partial charge < -0.3 is 23.4 Å². The second kappa shape index (κ2) is 8.59. The van der Waals surface area contributed by atoms with Crippen LogP contribution in [0.15, 0.2) is 23.0 Å². The second-order valence-electron chi connectivity index (χ2n) is 14.5. The second-order valence-corrected chi connectivity index (χ2v) is 14.5. The van der Waals surface area contributed by atoms with Gasteiger partial charge in [-0.1, -0.05) is 34.6 Å². The number of furan rings is 1. The minimum Gasteiger partial charge on any atom is -0.472 e. The molecule has 0 aromatic carbocycles. The lowest BCUT2D eigenvalue weighted by molar-refractivity contribution is -0.289. The first-order chi connectivity index (χ1) is 18.6. The highest BCUT2D eigenvalue weighted by molar-refractivity contribution is 5.67. The van der Waals surface area contributed by atoms with Crippen molar-refractivity contribution in [3.63, 3.8) is 0 Å². The van der Waals surface area contributed by atoms with Crippen LogP contribution < -0.4 is 0 Å². The first-order valence-corrected chi connectivity index (χ1v) is 14.9. The van der Waals surface area contributed by atoms with Crippen LogP contribution >= 0.6 is 0 Å². The molecule has 8 heteroatoms. The highest BCUT2D eigenvalue weighted by Gasteiger charge is 2.88. The first-order valence-electron chi connectivity index (χ1n) is 14.9. The van der Waals surface area contributed by atoms with Crippen molar-refractivity contribution < 1.29 is 37.7 Å². The Morgan fingerprint density at radius 2 is 1.45 bits per heavy atom. The maximum absolute atomic E-state index is 12.7. The molecule has 2 heterocycles. The molecule has 220 valence electrons. The molecule has 11 atom stereocenters. The molecular formula is C32H44O8. The Morgan fingerprint density at radius 1 is 0.825 bits per heavy atom. The van der Waals surface area contributed by atoms with Gasteiger partial charge in [0.25, 0.3) is 0 Å². The van der Waals surface area contributed by atoms with Gasteiger partial charge in [-0.15, -0.1) is 0 Å². The number of carbonyl (C=O) groups is 3. The molecule has 1 spiro atoms. The monoisotopic (exact) mass is 556 g/mol. The number of hydrogen-bond donors (Lipinski definition) is 0. The van der Waals surface area contributed by atoms with E-state index < -0.39 is 40.2 Å². The SMILES string of the molecule is CC(=O)O[C@H]1C[C@@H](OC(C)=O)C(C)(C)C2C[C@@H](OC(C)=O)[C@]3(C)C(CC[C@@]4(C)[C@H](c5ccoc5)C[C@H]5O[C@]543)[C@]21C. The lowest BCUT2D eigenvalue weighted by Crippen LogP contribution is -2.74. The third-order valence-corrected chi connectivity index (χ3v) is 12.6. The van der Waals surface area contributed by atoms with Gasteiger partial charge in [0.15, 0.2) is 0 Å². The van der Waals surface area contributed by atoms with Crippen LogP contribution in [0, 0.1) is 33.5 Å². The van der Waals surface area contributed by atoms with E-state index >= 15 is 0 Å². The average Bonchev–Trinajstić information content (AvgIpc) is 3.20. The zero-order valence-electron chi connectivity index (χ0n) is 25.1. The summed E-state index contributed by atoms with van der Waals surface area (Å²) in [6, 6.07) is 2.07. The smallest absolute Gasteiger partial charge is 0.302 e. The third kappa shape index (κ3) is 3.31. The molecule has 8 nitrogen and oxygen atoms in total. The van der Waals surface area contributed by atoms with Crippen LogP contribution in [0.2, 0.25) is 0 Å². The van der Waals surface area contributed by atoms with Gasteiger partial charge in [0.2, 0.25) is 0 Å². The number of esters is 3. The van der Waals surface area contributed by atoms with Crippen molar-refractivity contribution in [2.75, 3.05) is 0 Å². The van der Waals surface area contributed by atoms with E-state index in [4.69, 9.17) is 23.4 Å². The Bertz CT molecular complexity index is 1220. The van der Waals surface area contributed by atoms with Gasteiger partial charge in [-0.2, -0.15) is 0 Å². The summed E-state index contributed by atoms with van der Waals surface area (Å²) in [4.78, 5) is 37.4. The molecule has 5 aliphatic rings. The normalized spacial score (nSPS) is 48.0. The molecule has 6 rings (SSSR count). The number of fused-ring (bicyclic) bond motifs is 3. The van der Waals surface area contributed by atoms with Crippen LogP contribution in [-0.2, 0) is 33.3 Å². The van der Waals surface area contributed by atoms with Crippen molar-refractivity contribution in [1.29, 1.82) is 0 Å². The summed E-state index contributed by atoms with van der Waals surface area (Å²) in [5.41, 5.74) is -0.842. The number of rotatable bonds is 4. The molecule has 0 amide bonds. The predicted molar refractivity (Wildman–Crippen MR) is 144 cm³/mol. The fourth-order valence-electron chi connectivity index (χ4n) is 11.1. The van der Waals surface area contributed by atoms with Gasteiger partial charge in [-0.3, -0.25) is 14.4 Å². The molecule has 0 N–H and O–H groups in total. The van der Waals surface area contributed by atoms with Gasteiger partial charge in [-0.25, -0.2) is 0 Å². The van der Waals surface area contributed by atoms with Crippen LogP contribution in [0.25, 0.3) is 0 Å². The maximum Gasteiger partial charge on any atom is 0.302 e. The van der Waals surface area contributed by atoms with Crippen LogP contribution in [0.1, 0.15) is 99.0 Å². The Kier molecular flexibility index (Phi) is 5.97. The molecule has 0 radical (unpaired) electrons. The quantitative estimate of drug-likeness (QED) is 0.269. The minimum atomic E-state index is -0.511. The molecule has 1 aromatic rings. The van der Waals surface area contributed by atoms with Gasteiger partial charge in [-0.05, 0) is 55.1 Å². The van der Waals surface area contributed by atoms with Crippen LogP contribution in [0.4, 0.5) is 0 Å². The van der Waals surface area contributed by atoms with E-state index in [-0.39, 0.29) is 47.2 Å². The summed E-state index contributed by atoms with van der Waals surface area (Å²) in [5.74, 6) is -0.694. The lowest BCUT2D eigenvalue weighted by Gasteiger charge is -2.70. The van der Waals surface area contributed by atoms with Crippen molar-refractivity contribution in [3.05, 3.63) is 24.2 Å². The molecule has 40 heavy (non-hydrogen) atoms. The fourth-order valence-corrected chi connectivity index (χ4v) is 11.1. The molecule has 1 saturated heterocycles. The zero-order chi connectivity index (χ0) is 29.0. The lowest BCUT2D eigenvalue weighted by atomic mass is 9.35. The fraction of sp³-hybridized carbons (Fsp3) is 0.781. The molecule has 4 aliphatic carbocycles. The van der Waals surface area contributed by atoms with Crippen LogP contribution in [0.5, 0.6) is 0 Å². The van der Waals surface area contributed by atoms with Gasteiger partial charge in [0.1, 0.15) is 23.9 Å². The van der Waals surface area contributed by atoms with Gasteiger partial charge in [0, 0.05) is 48.9 Å². The predicted octanol–water partition coefficient (Wildman–Crippen LogP) is 5.58. The Balaban J connectivity index is 1.50. The largest absolute Gasteiger partial charge is 0.472 e. The van der Waals surface area contributed by atoms with E-state index in [2.05, 4.69) is 40.7 Å². The molecule has 0 bridgehead atoms. The summed E-state index contributed by atoms with van der Waals surface area (Å²) >= 11 is 0. The summed E-state index contributed by atoms with van der Waals surface area (Å²) < 4.78 is 30.7. The topological polar surface area (TPSA) is 105 Å². The highest BCUT2D eigenvalue weighted by Crippen LogP contribution is 2.83. The van der Waals surface area contributed by atoms with Crippen molar-refractivity contribution in [2.24, 2.45) is 33.5 Å².